The fourth-order valence-corrected chi connectivity index (χ4v) is 7.66. The van der Waals surface area contributed by atoms with E-state index in [4.69, 9.17) is 0 Å². The zero-order valence-electron chi connectivity index (χ0n) is 15.6. The van der Waals surface area contributed by atoms with Crippen molar-refractivity contribution in [2.45, 2.75) is 37.5 Å². The van der Waals surface area contributed by atoms with Gasteiger partial charge in [0.15, 0.2) is 7.14 Å². The zero-order valence-corrected chi connectivity index (χ0v) is 16.5. The lowest BCUT2D eigenvalue weighted by Crippen LogP contribution is -2.47. The molecular formula is C21H25N2O4P. The molecule has 2 heterocycles. The number of phenols is 2. The highest BCUT2D eigenvalue weighted by atomic mass is 31.2. The number of benzene rings is 2. The van der Waals surface area contributed by atoms with E-state index in [1.165, 1.54) is 24.3 Å². The third kappa shape index (κ3) is 3.31. The van der Waals surface area contributed by atoms with E-state index in [9.17, 15) is 19.6 Å². The van der Waals surface area contributed by atoms with Crippen LogP contribution in [0, 0.1) is 0 Å². The Balaban J connectivity index is 1.78. The molecule has 0 aliphatic carbocycles. The summed E-state index contributed by atoms with van der Waals surface area (Å²) in [6, 6.07) is 12.6. The van der Waals surface area contributed by atoms with Gasteiger partial charge in [0.1, 0.15) is 11.5 Å². The molecule has 2 aromatic rings. The Morgan fingerprint density at radius 2 is 1.50 bits per heavy atom. The highest BCUT2D eigenvalue weighted by Gasteiger charge is 2.46. The van der Waals surface area contributed by atoms with E-state index in [1.807, 2.05) is 0 Å². The van der Waals surface area contributed by atoms with Gasteiger partial charge in [0.25, 0.3) is 0 Å². The topological polar surface area (TPSA) is 89.9 Å². The van der Waals surface area contributed by atoms with Gasteiger partial charge in [-0.05, 0) is 80.8 Å². The lowest BCUT2D eigenvalue weighted by Gasteiger charge is -2.34. The summed E-state index contributed by atoms with van der Waals surface area (Å²) in [4.78, 5) is 14.9. The molecule has 0 saturated carbocycles. The molecule has 6 nitrogen and oxygen atoms in total. The number of carbonyl (C=O) groups is 1. The van der Waals surface area contributed by atoms with Crippen LogP contribution in [0.15, 0.2) is 48.5 Å². The molecule has 1 amide bonds. The summed E-state index contributed by atoms with van der Waals surface area (Å²) in [5.41, 5.74) is 0. The molecule has 1 unspecified atom stereocenters. The summed E-state index contributed by atoms with van der Waals surface area (Å²) in [5.74, 6) is -0.180. The average molecular weight is 400 g/mol. The predicted molar refractivity (Wildman–Crippen MR) is 109 cm³/mol. The van der Waals surface area contributed by atoms with Crippen LogP contribution < -0.4 is 15.9 Å². The summed E-state index contributed by atoms with van der Waals surface area (Å²) >= 11 is 0. The Bertz CT molecular complexity index is 842. The SMILES string of the molecule is O=C([C@@H]1CCCN1)N1CCCC1P(=O)(c1ccc(O)cc1)c1ccc(O)cc1. The maximum absolute atomic E-state index is 14.6. The predicted octanol–water partition coefficient (Wildman–Crippen LogP) is 2.11. The lowest BCUT2D eigenvalue weighted by molar-refractivity contribution is -0.132. The highest BCUT2D eigenvalue weighted by Crippen LogP contribution is 2.54. The molecule has 2 fully saturated rings. The molecule has 2 aliphatic rings. The third-order valence-corrected chi connectivity index (χ3v) is 9.26. The number of likely N-dealkylation sites (tertiary alicyclic amines) is 1. The molecule has 3 N–H and O–H groups in total. The maximum Gasteiger partial charge on any atom is 0.240 e. The van der Waals surface area contributed by atoms with Crippen LogP contribution in [0.25, 0.3) is 0 Å². The summed E-state index contributed by atoms with van der Waals surface area (Å²) in [6.07, 6.45) is 3.26. The van der Waals surface area contributed by atoms with Crippen molar-refractivity contribution in [1.82, 2.24) is 10.2 Å². The summed E-state index contributed by atoms with van der Waals surface area (Å²) < 4.78 is 14.6. The van der Waals surface area contributed by atoms with Gasteiger partial charge in [-0.25, -0.2) is 0 Å². The van der Waals surface area contributed by atoms with E-state index in [-0.39, 0.29) is 23.4 Å². The number of carbonyl (C=O) groups excluding carboxylic acids is 1. The molecule has 0 spiro atoms. The van der Waals surface area contributed by atoms with Crippen molar-refractivity contribution in [3.8, 4) is 11.5 Å². The second-order valence-corrected chi connectivity index (χ2v) is 10.4. The summed E-state index contributed by atoms with van der Waals surface area (Å²) in [5, 5.41) is 23.8. The molecule has 0 bridgehead atoms. The van der Waals surface area contributed by atoms with Crippen molar-refractivity contribution in [3.63, 3.8) is 0 Å². The highest BCUT2D eigenvalue weighted by molar-refractivity contribution is 7.79. The number of rotatable bonds is 4. The minimum atomic E-state index is -3.21. The van der Waals surface area contributed by atoms with Crippen LogP contribution in [0.4, 0.5) is 0 Å². The second-order valence-electron chi connectivity index (χ2n) is 7.49. The third-order valence-electron chi connectivity index (χ3n) is 5.75. The first-order chi connectivity index (χ1) is 13.5. The smallest absolute Gasteiger partial charge is 0.240 e. The van der Waals surface area contributed by atoms with E-state index < -0.39 is 12.9 Å². The monoisotopic (exact) mass is 400 g/mol. The molecule has 7 heteroatoms. The molecule has 2 atom stereocenters. The first-order valence-electron chi connectivity index (χ1n) is 9.73. The van der Waals surface area contributed by atoms with Crippen molar-refractivity contribution in [2.75, 3.05) is 13.1 Å². The number of phenolic OH excluding ortho intramolecular Hbond substituents is 2. The van der Waals surface area contributed by atoms with Gasteiger partial charge >= 0.3 is 0 Å². The standard InChI is InChI=1S/C21H25N2O4P/c24-15-5-9-17(10-6-15)28(27,18-11-7-16(25)8-12-18)20-4-2-14-23(20)21(26)19-3-1-13-22-19/h5-12,19-20,22,24-25H,1-4,13-14H2/t19-,20?/m0/s1. The second kappa shape index (κ2) is 7.61. The number of hydrogen-bond donors (Lipinski definition) is 3. The van der Waals surface area contributed by atoms with Crippen LogP contribution in [0.3, 0.4) is 0 Å². The largest absolute Gasteiger partial charge is 0.508 e. The molecule has 2 saturated heterocycles. The van der Waals surface area contributed by atoms with Gasteiger partial charge in [0.2, 0.25) is 5.91 Å². The first kappa shape index (κ1) is 19.0. The molecule has 0 radical (unpaired) electrons. The molecule has 0 aromatic heterocycles. The summed E-state index contributed by atoms with van der Waals surface area (Å²) in [7, 11) is -3.21. The van der Waals surface area contributed by atoms with Gasteiger partial charge in [0.05, 0.1) is 11.8 Å². The van der Waals surface area contributed by atoms with Crippen LogP contribution in [-0.4, -0.2) is 45.9 Å². The minimum absolute atomic E-state index is 0.0257. The minimum Gasteiger partial charge on any atom is -0.508 e. The fourth-order valence-electron chi connectivity index (χ4n) is 4.32. The zero-order chi connectivity index (χ0) is 19.7. The van der Waals surface area contributed by atoms with Crippen molar-refractivity contribution < 1.29 is 19.6 Å². The fraction of sp³-hybridized carbons (Fsp3) is 0.381. The van der Waals surface area contributed by atoms with Gasteiger partial charge in [-0.1, -0.05) is 0 Å². The number of aromatic hydroxyl groups is 2. The van der Waals surface area contributed by atoms with Gasteiger partial charge in [-0.3, -0.25) is 4.79 Å². The number of hydrogen-bond acceptors (Lipinski definition) is 5. The Morgan fingerprint density at radius 3 is 2.00 bits per heavy atom. The Morgan fingerprint density at radius 1 is 0.929 bits per heavy atom. The molecule has 2 aromatic carbocycles. The van der Waals surface area contributed by atoms with E-state index in [0.717, 1.165) is 25.8 Å². The quantitative estimate of drug-likeness (QED) is 0.684. The maximum atomic E-state index is 14.6. The van der Waals surface area contributed by atoms with E-state index in [1.54, 1.807) is 29.2 Å². The first-order valence-corrected chi connectivity index (χ1v) is 11.5. The average Bonchev–Trinajstić information content (AvgIpc) is 3.40. The number of nitrogens with one attached hydrogen (secondary N) is 1. The van der Waals surface area contributed by atoms with Crippen LogP contribution in [0.5, 0.6) is 11.5 Å². The van der Waals surface area contributed by atoms with Crippen LogP contribution in [0.2, 0.25) is 0 Å². The van der Waals surface area contributed by atoms with Crippen LogP contribution >= 0.6 is 7.14 Å². The normalized spacial score (nSPS) is 22.5. The number of amides is 1. The van der Waals surface area contributed by atoms with Gasteiger partial charge in [0, 0.05) is 17.2 Å². The molecular weight excluding hydrogens is 375 g/mol. The van der Waals surface area contributed by atoms with E-state index >= 15 is 0 Å². The molecule has 2 aliphatic heterocycles. The molecule has 28 heavy (non-hydrogen) atoms. The van der Waals surface area contributed by atoms with Crippen LogP contribution in [-0.2, 0) is 9.36 Å². The van der Waals surface area contributed by atoms with Crippen LogP contribution in [0.1, 0.15) is 25.7 Å². The van der Waals surface area contributed by atoms with Crippen molar-refractivity contribution in [3.05, 3.63) is 48.5 Å². The lowest BCUT2D eigenvalue weighted by atomic mass is 10.2. The van der Waals surface area contributed by atoms with Crippen molar-refractivity contribution >= 4 is 23.7 Å². The Hall–Kier alpha value is -2.30. The van der Waals surface area contributed by atoms with Gasteiger partial charge < -0.3 is 25.0 Å². The molecule has 4 rings (SSSR count). The number of nitrogens with zero attached hydrogens (tertiary/aromatic N) is 1. The van der Waals surface area contributed by atoms with Gasteiger partial charge in [-0.15, -0.1) is 0 Å². The van der Waals surface area contributed by atoms with E-state index in [2.05, 4.69) is 5.32 Å². The van der Waals surface area contributed by atoms with E-state index in [0.29, 0.717) is 23.6 Å². The Labute approximate surface area is 164 Å². The van der Waals surface area contributed by atoms with Gasteiger partial charge in [-0.2, -0.15) is 0 Å². The summed E-state index contributed by atoms with van der Waals surface area (Å²) in [6.45, 7) is 1.43. The molecule has 148 valence electrons. The Kier molecular flexibility index (Phi) is 5.17. The van der Waals surface area contributed by atoms with Crippen molar-refractivity contribution in [1.29, 1.82) is 0 Å². The van der Waals surface area contributed by atoms with Crippen molar-refractivity contribution in [2.24, 2.45) is 0 Å².